The molecule has 1 saturated heterocycles. The van der Waals surface area contributed by atoms with Crippen LogP contribution in [0.2, 0.25) is 5.02 Å². The Morgan fingerprint density at radius 2 is 2.00 bits per heavy atom. The van der Waals surface area contributed by atoms with Crippen LogP contribution in [0.3, 0.4) is 0 Å². The van der Waals surface area contributed by atoms with Crippen LogP contribution >= 0.6 is 11.6 Å². The van der Waals surface area contributed by atoms with Crippen LogP contribution < -0.4 is 4.90 Å². The molecule has 1 aromatic heterocycles. The summed E-state index contributed by atoms with van der Waals surface area (Å²) in [7, 11) is 0. The topological polar surface area (TPSA) is 29.3 Å². The number of halogens is 1. The minimum atomic E-state index is 0.342. The third-order valence-electron chi connectivity index (χ3n) is 4.02. The van der Waals surface area contributed by atoms with E-state index in [1.54, 1.807) is 0 Å². The van der Waals surface area contributed by atoms with Crippen LogP contribution in [0.4, 0.5) is 6.01 Å². The molecule has 3 aromatic rings. The zero-order valence-electron chi connectivity index (χ0n) is 11.5. The molecule has 3 nitrogen and oxygen atoms in total. The van der Waals surface area contributed by atoms with E-state index in [1.165, 1.54) is 5.56 Å². The van der Waals surface area contributed by atoms with Gasteiger partial charge in [0.25, 0.3) is 6.01 Å². The van der Waals surface area contributed by atoms with E-state index in [2.05, 4.69) is 34.1 Å². The van der Waals surface area contributed by atoms with Crippen LogP contribution in [0.25, 0.3) is 11.1 Å². The average Bonchev–Trinajstić information content (AvgIpc) is 3.13. The molecule has 4 rings (SSSR count). The molecule has 1 fully saturated rings. The lowest BCUT2D eigenvalue weighted by Gasteiger charge is -2.23. The Balaban J connectivity index is 1.73. The normalized spacial score (nSPS) is 18.5. The SMILES string of the molecule is Clc1ccc2oc(N3CCCC3c3ccccc3)nc2c1. The van der Waals surface area contributed by atoms with Gasteiger partial charge in [0.05, 0.1) is 6.04 Å². The number of nitrogens with zero attached hydrogens (tertiary/aromatic N) is 2. The van der Waals surface area contributed by atoms with Crippen molar-refractivity contribution in [2.75, 3.05) is 11.4 Å². The van der Waals surface area contributed by atoms with Gasteiger partial charge in [0.15, 0.2) is 5.58 Å². The van der Waals surface area contributed by atoms with Gasteiger partial charge in [-0.2, -0.15) is 4.98 Å². The average molecular weight is 299 g/mol. The van der Waals surface area contributed by atoms with Crippen molar-refractivity contribution >= 4 is 28.7 Å². The minimum Gasteiger partial charge on any atom is -0.423 e. The summed E-state index contributed by atoms with van der Waals surface area (Å²) in [6.07, 6.45) is 2.28. The van der Waals surface area contributed by atoms with Gasteiger partial charge in [-0.25, -0.2) is 0 Å². The maximum Gasteiger partial charge on any atom is 0.298 e. The molecule has 0 spiro atoms. The second-order valence-corrected chi connectivity index (χ2v) is 5.81. The Morgan fingerprint density at radius 3 is 2.86 bits per heavy atom. The molecule has 21 heavy (non-hydrogen) atoms. The van der Waals surface area contributed by atoms with E-state index in [0.29, 0.717) is 17.1 Å². The van der Waals surface area contributed by atoms with Crippen LogP contribution in [0.15, 0.2) is 52.9 Å². The summed E-state index contributed by atoms with van der Waals surface area (Å²) in [4.78, 5) is 6.86. The lowest BCUT2D eigenvalue weighted by Crippen LogP contribution is -2.22. The van der Waals surface area contributed by atoms with E-state index in [-0.39, 0.29) is 0 Å². The van der Waals surface area contributed by atoms with Crippen LogP contribution in [0.5, 0.6) is 0 Å². The van der Waals surface area contributed by atoms with Crippen molar-refractivity contribution in [3.05, 3.63) is 59.1 Å². The standard InChI is InChI=1S/C17H15ClN2O/c18-13-8-9-16-14(11-13)19-17(21-16)20-10-4-7-15(20)12-5-2-1-3-6-12/h1-3,5-6,8-9,11,15H,4,7,10H2. The van der Waals surface area contributed by atoms with Gasteiger partial charge in [-0.3, -0.25) is 0 Å². The summed E-state index contributed by atoms with van der Waals surface area (Å²) >= 11 is 6.02. The first kappa shape index (κ1) is 12.7. The summed E-state index contributed by atoms with van der Waals surface area (Å²) in [6, 6.07) is 17.1. The van der Waals surface area contributed by atoms with E-state index in [4.69, 9.17) is 16.0 Å². The molecule has 4 heteroatoms. The zero-order chi connectivity index (χ0) is 14.2. The maximum atomic E-state index is 6.02. The van der Waals surface area contributed by atoms with E-state index in [1.807, 2.05) is 24.3 Å². The number of aromatic nitrogens is 1. The summed E-state index contributed by atoms with van der Waals surface area (Å²) in [5.41, 5.74) is 2.92. The van der Waals surface area contributed by atoms with E-state index in [0.717, 1.165) is 30.5 Å². The van der Waals surface area contributed by atoms with Gasteiger partial charge in [0.2, 0.25) is 0 Å². The van der Waals surface area contributed by atoms with Crippen molar-refractivity contribution in [3.63, 3.8) is 0 Å². The van der Waals surface area contributed by atoms with Crippen molar-refractivity contribution in [2.45, 2.75) is 18.9 Å². The van der Waals surface area contributed by atoms with Gasteiger partial charge in [0, 0.05) is 11.6 Å². The number of oxazole rings is 1. The Kier molecular flexibility index (Phi) is 3.08. The summed E-state index contributed by atoms with van der Waals surface area (Å²) in [5, 5.41) is 0.684. The van der Waals surface area contributed by atoms with Gasteiger partial charge < -0.3 is 9.32 Å². The summed E-state index contributed by atoms with van der Waals surface area (Å²) in [6.45, 7) is 0.972. The highest BCUT2D eigenvalue weighted by atomic mass is 35.5. The van der Waals surface area contributed by atoms with E-state index < -0.39 is 0 Å². The van der Waals surface area contributed by atoms with Crippen molar-refractivity contribution in [1.29, 1.82) is 0 Å². The molecule has 1 atom stereocenters. The summed E-state index contributed by atoms with van der Waals surface area (Å²) < 4.78 is 5.91. The van der Waals surface area contributed by atoms with E-state index in [9.17, 15) is 0 Å². The molecule has 0 radical (unpaired) electrons. The summed E-state index contributed by atoms with van der Waals surface area (Å²) in [5.74, 6) is 0. The van der Waals surface area contributed by atoms with Crippen LogP contribution in [-0.4, -0.2) is 11.5 Å². The fraction of sp³-hybridized carbons (Fsp3) is 0.235. The monoisotopic (exact) mass is 298 g/mol. The molecule has 2 heterocycles. The Morgan fingerprint density at radius 1 is 1.14 bits per heavy atom. The number of hydrogen-bond donors (Lipinski definition) is 0. The van der Waals surface area contributed by atoms with Crippen molar-refractivity contribution in [3.8, 4) is 0 Å². The third-order valence-corrected chi connectivity index (χ3v) is 4.26. The second kappa shape index (κ2) is 5.08. The minimum absolute atomic E-state index is 0.342. The first-order valence-electron chi connectivity index (χ1n) is 7.19. The second-order valence-electron chi connectivity index (χ2n) is 5.37. The molecule has 0 aliphatic carbocycles. The molecule has 0 bridgehead atoms. The number of rotatable bonds is 2. The molecule has 1 unspecified atom stereocenters. The molecule has 1 aliphatic heterocycles. The van der Waals surface area contributed by atoms with Crippen molar-refractivity contribution in [2.24, 2.45) is 0 Å². The molecule has 1 aliphatic rings. The maximum absolute atomic E-state index is 6.02. The first-order valence-corrected chi connectivity index (χ1v) is 7.57. The molecule has 0 N–H and O–H groups in total. The Labute approximate surface area is 128 Å². The van der Waals surface area contributed by atoms with Gasteiger partial charge >= 0.3 is 0 Å². The van der Waals surface area contributed by atoms with E-state index >= 15 is 0 Å². The first-order chi connectivity index (χ1) is 10.3. The van der Waals surface area contributed by atoms with Gasteiger partial charge in [-0.15, -0.1) is 0 Å². The highest BCUT2D eigenvalue weighted by Crippen LogP contribution is 2.37. The van der Waals surface area contributed by atoms with Gasteiger partial charge in [0.1, 0.15) is 5.52 Å². The number of hydrogen-bond acceptors (Lipinski definition) is 3. The smallest absolute Gasteiger partial charge is 0.298 e. The Hall–Kier alpha value is -2.00. The Bertz CT molecular complexity index is 769. The zero-order valence-corrected chi connectivity index (χ0v) is 12.3. The largest absolute Gasteiger partial charge is 0.423 e. The van der Waals surface area contributed by atoms with Gasteiger partial charge in [-0.05, 0) is 36.6 Å². The fourth-order valence-corrected chi connectivity index (χ4v) is 3.20. The fourth-order valence-electron chi connectivity index (χ4n) is 3.03. The number of benzene rings is 2. The predicted octanol–water partition coefficient (Wildman–Crippen LogP) is 4.82. The van der Waals surface area contributed by atoms with Crippen LogP contribution in [0, 0.1) is 0 Å². The van der Waals surface area contributed by atoms with Crippen LogP contribution in [-0.2, 0) is 0 Å². The molecule has 0 saturated carbocycles. The number of fused-ring (bicyclic) bond motifs is 1. The predicted molar refractivity (Wildman–Crippen MR) is 84.8 cm³/mol. The molecule has 0 amide bonds. The van der Waals surface area contributed by atoms with Crippen molar-refractivity contribution in [1.82, 2.24) is 4.98 Å². The lowest BCUT2D eigenvalue weighted by molar-refractivity contribution is 0.557. The quantitative estimate of drug-likeness (QED) is 0.679. The van der Waals surface area contributed by atoms with Crippen molar-refractivity contribution < 1.29 is 4.42 Å². The molecular weight excluding hydrogens is 284 g/mol. The lowest BCUT2D eigenvalue weighted by atomic mass is 10.1. The van der Waals surface area contributed by atoms with Gasteiger partial charge in [-0.1, -0.05) is 41.9 Å². The molecule has 106 valence electrons. The van der Waals surface area contributed by atoms with Crippen LogP contribution in [0.1, 0.15) is 24.4 Å². The molecule has 2 aromatic carbocycles. The highest BCUT2D eigenvalue weighted by Gasteiger charge is 2.29. The number of anilines is 1. The highest BCUT2D eigenvalue weighted by molar-refractivity contribution is 6.31. The third kappa shape index (κ3) is 2.28. The molecular formula is C17H15ClN2O.